The van der Waals surface area contributed by atoms with Crippen LogP contribution >= 0.6 is 12.4 Å². The van der Waals surface area contributed by atoms with Crippen LogP contribution < -0.4 is 0 Å². The molecule has 0 N–H and O–H groups in total. The SMILES string of the molecule is CCCCN1C=CN(S(=O)(=O)CCC)C1.Cl. The number of hydrogen-bond acceptors (Lipinski definition) is 3. The molecule has 16 heavy (non-hydrogen) atoms. The fourth-order valence-corrected chi connectivity index (χ4v) is 2.82. The predicted octanol–water partition coefficient (Wildman–Crippen LogP) is 1.99. The highest BCUT2D eigenvalue weighted by atomic mass is 35.5. The minimum atomic E-state index is -3.06. The highest BCUT2D eigenvalue weighted by Crippen LogP contribution is 2.13. The lowest BCUT2D eigenvalue weighted by Gasteiger charge is -2.20. The van der Waals surface area contributed by atoms with Gasteiger partial charge in [0.25, 0.3) is 0 Å². The highest BCUT2D eigenvalue weighted by molar-refractivity contribution is 7.89. The van der Waals surface area contributed by atoms with E-state index in [9.17, 15) is 8.42 Å². The Morgan fingerprint density at radius 3 is 2.44 bits per heavy atom. The molecule has 0 aromatic heterocycles. The first-order valence-corrected chi connectivity index (χ1v) is 7.13. The van der Waals surface area contributed by atoms with E-state index in [2.05, 4.69) is 6.92 Å². The molecular weight excluding hydrogens is 248 g/mol. The summed E-state index contributed by atoms with van der Waals surface area (Å²) in [5.41, 5.74) is 0. The van der Waals surface area contributed by atoms with Gasteiger partial charge >= 0.3 is 0 Å². The van der Waals surface area contributed by atoms with Gasteiger partial charge in [0, 0.05) is 18.9 Å². The molecule has 1 aliphatic heterocycles. The van der Waals surface area contributed by atoms with E-state index in [4.69, 9.17) is 0 Å². The second-order valence-corrected chi connectivity index (χ2v) is 5.85. The first-order chi connectivity index (χ1) is 7.10. The number of rotatable bonds is 6. The largest absolute Gasteiger partial charge is 0.358 e. The molecule has 1 rings (SSSR count). The van der Waals surface area contributed by atoms with Gasteiger partial charge in [-0.2, -0.15) is 0 Å². The van der Waals surface area contributed by atoms with Crippen molar-refractivity contribution in [1.82, 2.24) is 9.21 Å². The van der Waals surface area contributed by atoms with Crippen LogP contribution in [0.3, 0.4) is 0 Å². The fraction of sp³-hybridized carbons (Fsp3) is 0.800. The normalized spacial score (nSPS) is 15.4. The number of sulfonamides is 1. The summed E-state index contributed by atoms with van der Waals surface area (Å²) in [5, 5.41) is 0. The molecule has 0 aromatic rings. The molecule has 0 radical (unpaired) electrons. The Labute approximate surface area is 105 Å². The summed E-state index contributed by atoms with van der Waals surface area (Å²) in [5.74, 6) is 0.235. The Bertz CT molecular complexity index is 317. The zero-order valence-corrected chi connectivity index (χ0v) is 11.6. The van der Waals surface area contributed by atoms with Gasteiger partial charge in [-0.25, -0.2) is 8.42 Å². The summed E-state index contributed by atoms with van der Waals surface area (Å²) < 4.78 is 24.8. The van der Waals surface area contributed by atoms with Crippen molar-refractivity contribution in [3.63, 3.8) is 0 Å². The third-order valence-corrected chi connectivity index (χ3v) is 4.26. The molecule has 4 nitrogen and oxygen atoms in total. The van der Waals surface area contributed by atoms with Crippen LogP contribution in [0.15, 0.2) is 12.4 Å². The van der Waals surface area contributed by atoms with Crippen LogP contribution in [0.2, 0.25) is 0 Å². The summed E-state index contributed by atoms with van der Waals surface area (Å²) >= 11 is 0. The first kappa shape index (κ1) is 15.6. The molecule has 96 valence electrons. The summed E-state index contributed by atoms with van der Waals surface area (Å²) in [7, 11) is -3.06. The molecule has 0 bridgehead atoms. The Morgan fingerprint density at radius 1 is 1.19 bits per heavy atom. The van der Waals surface area contributed by atoms with Gasteiger partial charge in [-0.15, -0.1) is 12.4 Å². The van der Waals surface area contributed by atoms with Gasteiger partial charge in [-0.1, -0.05) is 20.3 Å². The quantitative estimate of drug-likeness (QED) is 0.740. The van der Waals surface area contributed by atoms with Crippen molar-refractivity contribution in [3.05, 3.63) is 12.4 Å². The summed E-state index contributed by atoms with van der Waals surface area (Å²) in [4.78, 5) is 2.04. The lowest BCUT2D eigenvalue weighted by Crippen LogP contribution is -2.32. The van der Waals surface area contributed by atoms with Crippen LogP contribution in [-0.4, -0.2) is 36.6 Å². The van der Waals surface area contributed by atoms with Crippen molar-refractivity contribution in [2.75, 3.05) is 19.0 Å². The van der Waals surface area contributed by atoms with Crippen molar-refractivity contribution >= 4 is 22.4 Å². The number of nitrogens with zero attached hydrogens (tertiary/aromatic N) is 2. The Kier molecular flexibility index (Phi) is 6.83. The Hall–Kier alpha value is -0.420. The molecule has 1 aliphatic rings. The molecule has 0 fully saturated rings. The van der Waals surface area contributed by atoms with Crippen molar-refractivity contribution in [2.45, 2.75) is 33.1 Å². The Balaban J connectivity index is 0.00000225. The van der Waals surface area contributed by atoms with Crippen molar-refractivity contribution < 1.29 is 8.42 Å². The van der Waals surface area contributed by atoms with Crippen LogP contribution in [0.5, 0.6) is 0 Å². The van der Waals surface area contributed by atoms with Gasteiger partial charge in [0.15, 0.2) is 0 Å². The van der Waals surface area contributed by atoms with Gasteiger partial charge in [0.2, 0.25) is 10.0 Å². The van der Waals surface area contributed by atoms with E-state index in [0.717, 1.165) is 19.4 Å². The lowest BCUT2D eigenvalue weighted by molar-refractivity contribution is 0.328. The maximum atomic E-state index is 11.7. The molecule has 0 saturated heterocycles. The molecule has 0 spiro atoms. The van der Waals surface area contributed by atoms with Gasteiger partial charge in [0.1, 0.15) is 6.67 Å². The topological polar surface area (TPSA) is 40.6 Å². The van der Waals surface area contributed by atoms with Crippen molar-refractivity contribution in [3.8, 4) is 0 Å². The van der Waals surface area contributed by atoms with Gasteiger partial charge in [-0.05, 0) is 12.8 Å². The van der Waals surface area contributed by atoms with Crippen LogP contribution in [0.25, 0.3) is 0 Å². The third-order valence-electron chi connectivity index (χ3n) is 2.38. The smallest absolute Gasteiger partial charge is 0.236 e. The zero-order valence-electron chi connectivity index (χ0n) is 9.92. The van der Waals surface area contributed by atoms with Gasteiger partial charge in [-0.3, -0.25) is 4.31 Å². The van der Waals surface area contributed by atoms with Crippen molar-refractivity contribution in [1.29, 1.82) is 0 Å². The Morgan fingerprint density at radius 2 is 1.88 bits per heavy atom. The van der Waals surface area contributed by atoms with Crippen LogP contribution in [0.1, 0.15) is 33.1 Å². The zero-order chi connectivity index (χ0) is 11.3. The molecule has 0 atom stereocenters. The number of halogens is 1. The molecule has 6 heteroatoms. The number of unbranched alkanes of at least 4 members (excludes halogenated alkanes) is 1. The van der Waals surface area contributed by atoms with E-state index in [0.29, 0.717) is 13.1 Å². The molecule has 1 heterocycles. The van der Waals surface area contributed by atoms with Crippen LogP contribution in [-0.2, 0) is 10.0 Å². The summed E-state index contributed by atoms with van der Waals surface area (Å²) in [6.45, 7) is 5.44. The molecule has 0 unspecified atom stereocenters. The maximum Gasteiger partial charge on any atom is 0.236 e. The van der Waals surface area contributed by atoms with E-state index in [1.54, 1.807) is 6.20 Å². The van der Waals surface area contributed by atoms with Crippen LogP contribution in [0.4, 0.5) is 0 Å². The van der Waals surface area contributed by atoms with E-state index in [1.807, 2.05) is 18.0 Å². The summed E-state index contributed by atoms with van der Waals surface area (Å²) in [6.07, 6.45) is 6.43. The fourth-order valence-electron chi connectivity index (χ4n) is 1.50. The second kappa shape index (κ2) is 7.01. The van der Waals surface area contributed by atoms with Crippen LogP contribution in [0, 0.1) is 0 Å². The van der Waals surface area contributed by atoms with E-state index in [1.165, 1.54) is 4.31 Å². The van der Waals surface area contributed by atoms with Gasteiger partial charge in [0.05, 0.1) is 5.75 Å². The molecule has 0 amide bonds. The lowest BCUT2D eigenvalue weighted by atomic mass is 10.3. The maximum absolute atomic E-state index is 11.7. The summed E-state index contributed by atoms with van der Waals surface area (Å²) in [6, 6.07) is 0. The molecule has 0 saturated carbocycles. The second-order valence-electron chi connectivity index (χ2n) is 3.81. The minimum Gasteiger partial charge on any atom is -0.358 e. The van der Waals surface area contributed by atoms with E-state index in [-0.39, 0.29) is 18.2 Å². The monoisotopic (exact) mass is 268 g/mol. The first-order valence-electron chi connectivity index (χ1n) is 5.52. The average molecular weight is 269 g/mol. The molecular formula is C10H21ClN2O2S. The average Bonchev–Trinajstić information content (AvgIpc) is 2.63. The predicted molar refractivity (Wildman–Crippen MR) is 68.8 cm³/mol. The number of hydrogen-bond donors (Lipinski definition) is 0. The van der Waals surface area contributed by atoms with E-state index < -0.39 is 10.0 Å². The minimum absolute atomic E-state index is 0. The highest BCUT2D eigenvalue weighted by Gasteiger charge is 2.22. The molecule has 0 aliphatic carbocycles. The van der Waals surface area contributed by atoms with Gasteiger partial charge < -0.3 is 4.90 Å². The van der Waals surface area contributed by atoms with E-state index >= 15 is 0 Å². The molecule has 0 aromatic carbocycles. The standard InChI is InChI=1S/C10H20N2O2S.ClH/c1-3-5-6-11-7-8-12(10-11)15(13,14)9-4-2;/h7-8H,3-6,9-10H2,1-2H3;1H. The third kappa shape index (κ3) is 4.22. The van der Waals surface area contributed by atoms with Crippen molar-refractivity contribution in [2.24, 2.45) is 0 Å².